The molecule has 2 fully saturated rings. The highest BCUT2D eigenvalue weighted by atomic mass is 35.5. The first-order valence-corrected chi connectivity index (χ1v) is 15.4. The van der Waals surface area contributed by atoms with Gasteiger partial charge in [0.05, 0.1) is 36.8 Å². The molecule has 3 aromatic rings. The summed E-state index contributed by atoms with van der Waals surface area (Å²) in [6, 6.07) is 12.9. The lowest BCUT2D eigenvalue weighted by atomic mass is 9.72. The number of nitrogens with zero attached hydrogens (tertiary/aromatic N) is 3. The third-order valence-electron chi connectivity index (χ3n) is 9.41. The van der Waals surface area contributed by atoms with Crippen molar-refractivity contribution >= 4 is 47.4 Å². The fourth-order valence-electron chi connectivity index (χ4n) is 6.72. The normalized spacial score (nSPS) is 19.4. The summed E-state index contributed by atoms with van der Waals surface area (Å²) >= 11 is 12.8. The molecule has 2 aliphatic heterocycles. The maximum Gasteiger partial charge on any atom is 0.254 e. The number of hydrogen-bond acceptors (Lipinski definition) is 7. The van der Waals surface area contributed by atoms with E-state index in [1.165, 1.54) is 21.3 Å². The number of aromatic nitrogens is 1. The lowest BCUT2D eigenvalue weighted by Crippen LogP contribution is -2.50. The van der Waals surface area contributed by atoms with Crippen LogP contribution in [0.5, 0.6) is 17.2 Å². The van der Waals surface area contributed by atoms with Crippen LogP contribution >= 0.6 is 35.6 Å². The van der Waals surface area contributed by atoms with E-state index < -0.39 is 5.41 Å². The first-order chi connectivity index (χ1) is 21.2. The summed E-state index contributed by atoms with van der Waals surface area (Å²) in [5, 5.41) is 0.975. The molecule has 9 nitrogen and oxygen atoms in total. The molecule has 12 heteroatoms. The number of carbonyl (C=O) groups is 2. The number of primary amides is 1. The molecule has 2 saturated heterocycles. The summed E-state index contributed by atoms with van der Waals surface area (Å²) in [7, 11) is 4.59. The Labute approximate surface area is 280 Å². The summed E-state index contributed by atoms with van der Waals surface area (Å²) in [4.78, 5) is 34.9. The number of nitrogens with two attached hydrogens (primary N) is 1. The first kappa shape index (κ1) is 34.6. The summed E-state index contributed by atoms with van der Waals surface area (Å²) < 4.78 is 16.4. The van der Waals surface area contributed by atoms with Crippen molar-refractivity contribution in [3.05, 3.63) is 81.6 Å². The fraction of sp³-hybridized carbons (Fsp3) is 0.424. The molecule has 0 radical (unpaired) electrons. The molecule has 5 rings (SSSR count). The van der Waals surface area contributed by atoms with E-state index in [-0.39, 0.29) is 29.6 Å². The number of benzene rings is 2. The molecule has 3 heterocycles. The standard InChI is InChI=1S/C33H38Cl2N4O5.ClH/c1-42-27-18-22(19-28(43-2)29(27)44-3)30(40)39-17-9-32(21-39,24-4-5-25(34)26(35)20-24)8-14-38-15-10-33(11-16-38,31(36)41)23-6-12-37-13-7-23;/h4-7,12-13,18-20H,8-11,14-17,21H2,1-3H3,(H2,36,41);1H/t32-;/m0./s1. The number of carbonyl (C=O) groups excluding carboxylic acids is 2. The third-order valence-corrected chi connectivity index (χ3v) is 10.1. The molecule has 0 saturated carbocycles. The largest absolute Gasteiger partial charge is 0.493 e. The zero-order chi connectivity index (χ0) is 31.5. The Morgan fingerprint density at radius 2 is 1.51 bits per heavy atom. The van der Waals surface area contributed by atoms with Crippen LogP contribution in [0.15, 0.2) is 54.9 Å². The van der Waals surface area contributed by atoms with Crippen LogP contribution in [0.25, 0.3) is 0 Å². The van der Waals surface area contributed by atoms with Crippen molar-refractivity contribution in [2.24, 2.45) is 5.73 Å². The van der Waals surface area contributed by atoms with Gasteiger partial charge < -0.3 is 29.7 Å². The van der Waals surface area contributed by atoms with Crippen LogP contribution in [0.4, 0.5) is 0 Å². The second kappa shape index (κ2) is 14.5. The van der Waals surface area contributed by atoms with E-state index in [2.05, 4.69) is 9.88 Å². The molecule has 0 aliphatic carbocycles. The predicted octanol–water partition coefficient (Wildman–Crippen LogP) is 5.53. The highest BCUT2D eigenvalue weighted by Crippen LogP contribution is 2.43. The number of pyridine rings is 1. The molecule has 1 aromatic heterocycles. The molecule has 45 heavy (non-hydrogen) atoms. The Hall–Kier alpha value is -3.24. The molecule has 2 amide bonds. The van der Waals surface area contributed by atoms with Crippen LogP contribution in [0.1, 0.15) is 47.2 Å². The number of amides is 2. The Morgan fingerprint density at radius 1 is 0.867 bits per heavy atom. The van der Waals surface area contributed by atoms with Gasteiger partial charge in [-0.3, -0.25) is 14.6 Å². The van der Waals surface area contributed by atoms with Crippen LogP contribution < -0.4 is 19.9 Å². The van der Waals surface area contributed by atoms with Crippen LogP contribution in [0.3, 0.4) is 0 Å². The Morgan fingerprint density at radius 3 is 2.07 bits per heavy atom. The first-order valence-electron chi connectivity index (χ1n) is 14.6. The predicted molar refractivity (Wildman–Crippen MR) is 177 cm³/mol. The summed E-state index contributed by atoms with van der Waals surface area (Å²) in [5.41, 5.74) is 7.35. The molecule has 2 aliphatic rings. The molecule has 0 unspecified atom stereocenters. The number of hydrogen-bond donors (Lipinski definition) is 1. The van der Waals surface area contributed by atoms with Gasteiger partial charge in [-0.25, -0.2) is 0 Å². The fourth-order valence-corrected chi connectivity index (χ4v) is 7.02. The van der Waals surface area contributed by atoms with E-state index in [1.807, 2.05) is 35.2 Å². The lowest BCUT2D eigenvalue weighted by molar-refractivity contribution is -0.125. The van der Waals surface area contributed by atoms with Gasteiger partial charge in [0.25, 0.3) is 5.91 Å². The molecule has 1 atom stereocenters. The number of methoxy groups -OCH3 is 3. The number of ether oxygens (including phenoxy) is 3. The van der Waals surface area contributed by atoms with Crippen LogP contribution in [0.2, 0.25) is 10.0 Å². The van der Waals surface area contributed by atoms with Crippen LogP contribution in [0, 0.1) is 0 Å². The number of halogens is 3. The maximum atomic E-state index is 13.9. The number of likely N-dealkylation sites (tertiary alicyclic amines) is 2. The molecule has 2 N–H and O–H groups in total. The molecule has 2 aromatic carbocycles. The summed E-state index contributed by atoms with van der Waals surface area (Å²) in [5.74, 6) is 0.868. The van der Waals surface area contributed by atoms with Crippen molar-refractivity contribution in [3.8, 4) is 17.2 Å². The van der Waals surface area contributed by atoms with Crippen molar-refractivity contribution in [1.29, 1.82) is 0 Å². The van der Waals surface area contributed by atoms with Gasteiger partial charge >= 0.3 is 0 Å². The van der Waals surface area contributed by atoms with E-state index in [9.17, 15) is 9.59 Å². The van der Waals surface area contributed by atoms with E-state index in [0.717, 1.165) is 43.6 Å². The van der Waals surface area contributed by atoms with Crippen molar-refractivity contribution in [2.45, 2.75) is 36.5 Å². The SMILES string of the molecule is COc1cc(C(=O)N2CC[C@](CCN3CCC(C(N)=O)(c4ccncc4)CC3)(c3ccc(Cl)c(Cl)c3)C2)cc(OC)c1OC.Cl. The van der Waals surface area contributed by atoms with Gasteiger partial charge in [0.15, 0.2) is 11.5 Å². The van der Waals surface area contributed by atoms with Gasteiger partial charge in [-0.15, -0.1) is 12.4 Å². The van der Waals surface area contributed by atoms with Gasteiger partial charge in [-0.2, -0.15) is 0 Å². The van der Waals surface area contributed by atoms with E-state index in [4.69, 9.17) is 43.1 Å². The lowest BCUT2D eigenvalue weighted by Gasteiger charge is -2.41. The smallest absolute Gasteiger partial charge is 0.254 e. The minimum atomic E-state index is -0.697. The van der Waals surface area contributed by atoms with Gasteiger partial charge in [0.2, 0.25) is 11.7 Å². The van der Waals surface area contributed by atoms with Crippen LogP contribution in [-0.4, -0.2) is 80.7 Å². The van der Waals surface area contributed by atoms with Gasteiger partial charge in [0.1, 0.15) is 0 Å². The molecular weight excluding hydrogens is 639 g/mol. The van der Waals surface area contributed by atoms with E-state index in [1.54, 1.807) is 24.5 Å². The van der Waals surface area contributed by atoms with Crippen LogP contribution in [-0.2, 0) is 15.6 Å². The highest BCUT2D eigenvalue weighted by molar-refractivity contribution is 6.42. The second-order valence-electron chi connectivity index (χ2n) is 11.6. The average molecular weight is 678 g/mol. The highest BCUT2D eigenvalue weighted by Gasteiger charge is 2.44. The van der Waals surface area contributed by atoms with E-state index in [0.29, 0.717) is 58.8 Å². The summed E-state index contributed by atoms with van der Waals surface area (Å²) in [6.45, 7) is 3.34. The number of piperidine rings is 1. The molecule has 0 spiro atoms. The van der Waals surface area contributed by atoms with Gasteiger partial charge in [0, 0.05) is 36.5 Å². The second-order valence-corrected chi connectivity index (χ2v) is 12.4. The van der Waals surface area contributed by atoms with Crippen molar-refractivity contribution in [1.82, 2.24) is 14.8 Å². The van der Waals surface area contributed by atoms with Crippen molar-refractivity contribution in [3.63, 3.8) is 0 Å². The summed E-state index contributed by atoms with van der Waals surface area (Å²) in [6.07, 6.45) is 6.24. The average Bonchev–Trinajstić information content (AvgIpc) is 3.50. The molecular formula is C33H39Cl3N4O5. The van der Waals surface area contributed by atoms with Gasteiger partial charge in [-0.05, 0) is 92.8 Å². The Kier molecular flexibility index (Phi) is 11.1. The zero-order valence-corrected chi connectivity index (χ0v) is 28.0. The van der Waals surface area contributed by atoms with Gasteiger partial charge in [-0.1, -0.05) is 29.3 Å². The number of rotatable bonds is 10. The van der Waals surface area contributed by atoms with Crippen molar-refractivity contribution < 1.29 is 23.8 Å². The quantitative estimate of drug-likeness (QED) is 0.301. The minimum absolute atomic E-state index is 0. The molecule has 0 bridgehead atoms. The maximum absolute atomic E-state index is 13.9. The van der Waals surface area contributed by atoms with E-state index >= 15 is 0 Å². The van der Waals surface area contributed by atoms with Crippen molar-refractivity contribution in [2.75, 3.05) is 54.1 Å². The topological polar surface area (TPSA) is 107 Å². The zero-order valence-electron chi connectivity index (χ0n) is 25.7. The minimum Gasteiger partial charge on any atom is -0.493 e. The molecule has 242 valence electrons. The Balaban J connectivity index is 0.00000461. The monoisotopic (exact) mass is 676 g/mol. The Bertz CT molecular complexity index is 1490. The third kappa shape index (κ3) is 6.82.